The number of halogens is 3. The van der Waals surface area contributed by atoms with Crippen molar-refractivity contribution in [1.29, 1.82) is 0 Å². The maximum Gasteiger partial charge on any atom is 0.185 e. The third-order valence-corrected chi connectivity index (χ3v) is 3.00. The lowest BCUT2D eigenvalue weighted by Gasteiger charge is -1.98. The van der Waals surface area contributed by atoms with Crippen LogP contribution in [-0.2, 0) is 0 Å². The van der Waals surface area contributed by atoms with Gasteiger partial charge in [-0.05, 0) is 30.4 Å². The van der Waals surface area contributed by atoms with Crippen LogP contribution in [0.25, 0.3) is 6.08 Å². The molecule has 0 aliphatic carbocycles. The molecule has 1 nitrogen and oxygen atoms in total. The fraction of sp³-hybridized carbons (Fsp3) is 0. The predicted octanol–water partition coefficient (Wildman–Crippen LogP) is 4.62. The maximum atomic E-state index is 13.4. The fourth-order valence-electron chi connectivity index (χ4n) is 1.55. The molecule has 0 aliphatic rings. The molecule has 0 atom stereocenters. The minimum absolute atomic E-state index is 0.0448. The Balaban J connectivity index is 2.23. The number of carbonyl (C=O) groups is 1. The van der Waals surface area contributed by atoms with Crippen LogP contribution < -0.4 is 0 Å². The molecule has 0 spiro atoms. The van der Waals surface area contributed by atoms with E-state index in [4.69, 9.17) is 0 Å². The maximum absolute atomic E-state index is 13.4. The molecule has 2 aromatic carbocycles. The summed E-state index contributed by atoms with van der Waals surface area (Å²) < 4.78 is 27.1. The van der Waals surface area contributed by atoms with E-state index < -0.39 is 11.6 Å². The average molecular weight is 323 g/mol. The summed E-state index contributed by atoms with van der Waals surface area (Å²) in [7, 11) is 0. The summed E-state index contributed by atoms with van der Waals surface area (Å²) >= 11 is 3.26. The molecule has 0 amide bonds. The summed E-state index contributed by atoms with van der Waals surface area (Å²) in [4.78, 5) is 11.8. The lowest BCUT2D eigenvalue weighted by Crippen LogP contribution is -1.94. The third-order valence-electron chi connectivity index (χ3n) is 2.50. The van der Waals surface area contributed by atoms with Crippen molar-refractivity contribution in [3.63, 3.8) is 0 Å². The molecular formula is C15H9BrF2O. The number of allylic oxidation sites excluding steroid dienone is 1. The summed E-state index contributed by atoms with van der Waals surface area (Å²) in [6.07, 6.45) is 2.49. The second-order valence-electron chi connectivity index (χ2n) is 3.85. The lowest BCUT2D eigenvalue weighted by molar-refractivity contribution is 0.104. The van der Waals surface area contributed by atoms with E-state index in [9.17, 15) is 13.6 Å². The summed E-state index contributed by atoms with van der Waals surface area (Å²) in [5, 5.41) is 0. The topological polar surface area (TPSA) is 17.1 Å². The van der Waals surface area contributed by atoms with Gasteiger partial charge in [0.1, 0.15) is 0 Å². The van der Waals surface area contributed by atoms with Crippen molar-refractivity contribution in [2.75, 3.05) is 0 Å². The Morgan fingerprint density at radius 1 is 1.11 bits per heavy atom. The summed E-state index contributed by atoms with van der Waals surface area (Å²) in [6, 6.07) is 10.7. The summed E-state index contributed by atoms with van der Waals surface area (Å²) in [5.74, 6) is -2.16. The molecule has 96 valence electrons. The van der Waals surface area contributed by atoms with Gasteiger partial charge in [-0.1, -0.05) is 40.2 Å². The molecule has 0 saturated heterocycles. The molecule has 2 aromatic rings. The number of benzene rings is 2. The zero-order valence-electron chi connectivity index (χ0n) is 9.74. The van der Waals surface area contributed by atoms with Gasteiger partial charge in [0, 0.05) is 15.6 Å². The van der Waals surface area contributed by atoms with E-state index >= 15 is 0 Å². The monoisotopic (exact) mass is 322 g/mol. The first-order valence-corrected chi connectivity index (χ1v) is 6.29. The van der Waals surface area contributed by atoms with Crippen molar-refractivity contribution in [2.24, 2.45) is 0 Å². The number of rotatable bonds is 3. The second-order valence-corrected chi connectivity index (χ2v) is 4.77. The summed E-state index contributed by atoms with van der Waals surface area (Å²) in [6.45, 7) is 0. The van der Waals surface area contributed by atoms with Crippen LogP contribution in [0.1, 0.15) is 15.9 Å². The molecular weight excluding hydrogens is 314 g/mol. The first-order valence-electron chi connectivity index (χ1n) is 5.50. The molecule has 0 heterocycles. The molecule has 4 heteroatoms. The zero-order valence-corrected chi connectivity index (χ0v) is 11.3. The van der Waals surface area contributed by atoms with Crippen LogP contribution >= 0.6 is 15.9 Å². The van der Waals surface area contributed by atoms with Crippen molar-refractivity contribution in [2.45, 2.75) is 0 Å². The highest BCUT2D eigenvalue weighted by atomic mass is 79.9. The van der Waals surface area contributed by atoms with Crippen LogP contribution in [0, 0.1) is 11.6 Å². The average Bonchev–Trinajstić information content (AvgIpc) is 2.40. The number of ketones is 1. The number of hydrogen-bond donors (Lipinski definition) is 0. The number of hydrogen-bond acceptors (Lipinski definition) is 1. The molecule has 0 aromatic heterocycles. The van der Waals surface area contributed by atoms with Crippen LogP contribution in [0.4, 0.5) is 8.78 Å². The Morgan fingerprint density at radius 3 is 2.58 bits per heavy atom. The predicted molar refractivity (Wildman–Crippen MR) is 73.9 cm³/mol. The van der Waals surface area contributed by atoms with E-state index in [1.165, 1.54) is 24.3 Å². The van der Waals surface area contributed by atoms with Gasteiger partial charge in [-0.2, -0.15) is 0 Å². The van der Waals surface area contributed by atoms with Crippen LogP contribution in [-0.4, -0.2) is 5.78 Å². The van der Waals surface area contributed by atoms with Gasteiger partial charge >= 0.3 is 0 Å². The molecule has 19 heavy (non-hydrogen) atoms. The molecule has 0 radical (unpaired) electrons. The van der Waals surface area contributed by atoms with E-state index in [1.807, 2.05) is 0 Å². The first-order chi connectivity index (χ1) is 9.08. The van der Waals surface area contributed by atoms with Gasteiger partial charge in [-0.15, -0.1) is 0 Å². The lowest BCUT2D eigenvalue weighted by atomic mass is 10.1. The smallest absolute Gasteiger partial charge is 0.185 e. The van der Waals surface area contributed by atoms with Gasteiger partial charge in [-0.3, -0.25) is 4.79 Å². The highest BCUT2D eigenvalue weighted by Gasteiger charge is 2.06. The van der Waals surface area contributed by atoms with Crippen molar-refractivity contribution >= 4 is 27.8 Å². The van der Waals surface area contributed by atoms with Gasteiger partial charge in [0.05, 0.1) is 0 Å². The van der Waals surface area contributed by atoms with Gasteiger partial charge < -0.3 is 0 Å². The Bertz CT molecular complexity index is 650. The Morgan fingerprint density at radius 2 is 1.84 bits per heavy atom. The molecule has 0 unspecified atom stereocenters. The third kappa shape index (κ3) is 3.35. The molecule has 0 bridgehead atoms. The van der Waals surface area contributed by atoms with Crippen molar-refractivity contribution < 1.29 is 13.6 Å². The number of carbonyl (C=O) groups excluding carboxylic acids is 1. The Hall–Kier alpha value is -1.81. The molecule has 0 aliphatic heterocycles. The normalized spacial score (nSPS) is 10.9. The highest BCUT2D eigenvalue weighted by Crippen LogP contribution is 2.15. The molecule has 0 saturated carbocycles. The standard InChI is InChI=1S/C15H9BrF2O/c16-12-5-1-4-11(9-12)14(19)8-7-10-3-2-6-13(17)15(10)18/h1-9H/b8-7+. The Labute approximate surface area is 117 Å². The van der Waals surface area contributed by atoms with Gasteiger partial charge in [0.25, 0.3) is 0 Å². The summed E-state index contributed by atoms with van der Waals surface area (Å²) in [5.41, 5.74) is 0.519. The van der Waals surface area contributed by atoms with Gasteiger partial charge in [0.2, 0.25) is 0 Å². The van der Waals surface area contributed by atoms with Gasteiger partial charge in [0.15, 0.2) is 17.4 Å². The second kappa shape index (κ2) is 5.89. The van der Waals surface area contributed by atoms with E-state index in [0.29, 0.717) is 5.56 Å². The van der Waals surface area contributed by atoms with E-state index in [0.717, 1.165) is 10.5 Å². The fourth-order valence-corrected chi connectivity index (χ4v) is 1.95. The van der Waals surface area contributed by atoms with Crippen molar-refractivity contribution in [3.05, 3.63) is 75.8 Å². The van der Waals surface area contributed by atoms with Crippen molar-refractivity contribution in [3.8, 4) is 0 Å². The minimum Gasteiger partial charge on any atom is -0.289 e. The minimum atomic E-state index is -0.958. The van der Waals surface area contributed by atoms with Crippen LogP contribution in [0.2, 0.25) is 0 Å². The Kier molecular flexibility index (Phi) is 4.22. The SMILES string of the molecule is O=C(/C=C/c1cccc(F)c1F)c1cccc(Br)c1. The molecule has 0 fully saturated rings. The van der Waals surface area contributed by atoms with Gasteiger partial charge in [-0.25, -0.2) is 8.78 Å². The van der Waals surface area contributed by atoms with Crippen LogP contribution in [0.3, 0.4) is 0 Å². The van der Waals surface area contributed by atoms with E-state index in [-0.39, 0.29) is 11.3 Å². The van der Waals surface area contributed by atoms with Crippen LogP contribution in [0.15, 0.2) is 53.0 Å². The first kappa shape index (κ1) is 13.6. The van der Waals surface area contributed by atoms with Crippen molar-refractivity contribution in [1.82, 2.24) is 0 Å². The quantitative estimate of drug-likeness (QED) is 0.595. The zero-order chi connectivity index (χ0) is 13.8. The molecule has 0 N–H and O–H groups in total. The van der Waals surface area contributed by atoms with E-state index in [1.54, 1.807) is 24.3 Å². The largest absolute Gasteiger partial charge is 0.289 e. The van der Waals surface area contributed by atoms with E-state index in [2.05, 4.69) is 15.9 Å². The van der Waals surface area contributed by atoms with Crippen LogP contribution in [0.5, 0.6) is 0 Å². The highest BCUT2D eigenvalue weighted by molar-refractivity contribution is 9.10. The molecule has 2 rings (SSSR count).